The van der Waals surface area contributed by atoms with Crippen LogP contribution in [-0.4, -0.2) is 16.8 Å². The number of anilines is 1. The van der Waals surface area contributed by atoms with Crippen molar-refractivity contribution in [2.45, 2.75) is 25.9 Å². The summed E-state index contributed by atoms with van der Waals surface area (Å²) in [4.78, 5) is 25.9. The Bertz CT molecular complexity index is 723. The molecule has 5 heteroatoms. The Morgan fingerprint density at radius 2 is 1.61 bits per heavy atom. The maximum absolute atomic E-state index is 12.6. The number of imide groups is 1. The van der Waals surface area contributed by atoms with Crippen LogP contribution in [0.1, 0.15) is 29.7 Å². The fourth-order valence-electron chi connectivity index (χ4n) is 2.65. The van der Waals surface area contributed by atoms with Gasteiger partial charge < -0.3 is 11.1 Å². The lowest BCUT2D eigenvalue weighted by molar-refractivity contribution is -0.128. The molecular formula is C18H19N3O2. The number of nitrogens with two attached hydrogens (primary N) is 1. The van der Waals surface area contributed by atoms with E-state index in [1.54, 1.807) is 12.1 Å². The number of nitrogens with one attached hydrogen (secondary N) is 1. The second-order valence-corrected chi connectivity index (χ2v) is 5.64. The highest BCUT2D eigenvalue weighted by Crippen LogP contribution is 2.24. The van der Waals surface area contributed by atoms with Crippen LogP contribution in [-0.2, 0) is 17.8 Å². The van der Waals surface area contributed by atoms with Gasteiger partial charge in [0.1, 0.15) is 6.04 Å². The van der Waals surface area contributed by atoms with E-state index >= 15 is 0 Å². The van der Waals surface area contributed by atoms with Gasteiger partial charge in [0.05, 0.1) is 6.54 Å². The van der Waals surface area contributed by atoms with Gasteiger partial charge in [-0.3, -0.25) is 9.69 Å². The molecule has 3 amide bonds. The lowest BCUT2D eigenvalue weighted by atomic mass is 10.0. The van der Waals surface area contributed by atoms with E-state index in [4.69, 9.17) is 5.73 Å². The number of nitrogen functional groups attached to an aromatic ring is 1. The second kappa shape index (κ2) is 6.12. The molecule has 1 fully saturated rings. The van der Waals surface area contributed by atoms with Crippen LogP contribution in [0.5, 0.6) is 0 Å². The maximum atomic E-state index is 12.6. The van der Waals surface area contributed by atoms with E-state index in [0.29, 0.717) is 5.69 Å². The molecule has 1 aliphatic heterocycles. The predicted molar refractivity (Wildman–Crippen MR) is 88.5 cm³/mol. The van der Waals surface area contributed by atoms with Gasteiger partial charge in [0.15, 0.2) is 0 Å². The fraction of sp³-hybridized carbons (Fsp3) is 0.222. The van der Waals surface area contributed by atoms with Crippen LogP contribution in [0.15, 0.2) is 48.5 Å². The first kappa shape index (κ1) is 15.1. The molecule has 0 saturated carbocycles. The lowest BCUT2D eigenvalue weighted by Gasteiger charge is -2.13. The molecule has 0 bridgehead atoms. The Hall–Kier alpha value is -2.82. The fourth-order valence-corrected chi connectivity index (χ4v) is 2.65. The van der Waals surface area contributed by atoms with Crippen LogP contribution >= 0.6 is 0 Å². The highest BCUT2D eigenvalue weighted by atomic mass is 16.2. The third-order valence-electron chi connectivity index (χ3n) is 4.07. The number of benzene rings is 2. The average molecular weight is 309 g/mol. The van der Waals surface area contributed by atoms with Crippen LogP contribution in [0.4, 0.5) is 10.5 Å². The van der Waals surface area contributed by atoms with E-state index in [1.807, 2.05) is 36.4 Å². The van der Waals surface area contributed by atoms with Crippen molar-refractivity contribution in [1.29, 1.82) is 0 Å². The predicted octanol–water partition coefficient (Wildman–Crippen LogP) is 2.62. The van der Waals surface area contributed by atoms with Gasteiger partial charge in [-0.1, -0.05) is 43.3 Å². The molecule has 0 aromatic heterocycles. The van der Waals surface area contributed by atoms with Gasteiger partial charge in [0, 0.05) is 5.69 Å². The van der Waals surface area contributed by atoms with Gasteiger partial charge >= 0.3 is 6.03 Å². The van der Waals surface area contributed by atoms with Crippen LogP contribution < -0.4 is 11.1 Å². The number of hydrogen-bond donors (Lipinski definition) is 2. The smallest absolute Gasteiger partial charge is 0.325 e. The van der Waals surface area contributed by atoms with Crippen LogP contribution in [0, 0.1) is 0 Å². The molecule has 2 aromatic carbocycles. The number of carbonyl (C=O) groups is 2. The Balaban J connectivity index is 1.77. The number of amides is 3. The number of nitrogens with zero attached hydrogens (tertiary/aromatic N) is 1. The largest absolute Gasteiger partial charge is 0.399 e. The van der Waals surface area contributed by atoms with Crippen LogP contribution in [0.2, 0.25) is 0 Å². The molecule has 5 nitrogen and oxygen atoms in total. The van der Waals surface area contributed by atoms with E-state index in [1.165, 1.54) is 10.5 Å². The Labute approximate surface area is 135 Å². The number of rotatable bonds is 4. The lowest BCUT2D eigenvalue weighted by Crippen LogP contribution is -2.30. The SMILES string of the molecule is CCc1ccc(C2NC(=O)N(Cc3ccc(N)cc3)C2=O)cc1. The highest BCUT2D eigenvalue weighted by molar-refractivity contribution is 6.04. The number of carbonyl (C=O) groups excluding carboxylic acids is 2. The van der Waals surface area contributed by atoms with Crippen molar-refractivity contribution >= 4 is 17.6 Å². The van der Waals surface area contributed by atoms with Crippen molar-refractivity contribution in [2.24, 2.45) is 0 Å². The molecule has 1 unspecified atom stereocenters. The minimum Gasteiger partial charge on any atom is -0.399 e. The third kappa shape index (κ3) is 3.04. The summed E-state index contributed by atoms with van der Waals surface area (Å²) >= 11 is 0. The minimum atomic E-state index is -0.609. The van der Waals surface area contributed by atoms with Gasteiger partial charge in [-0.15, -0.1) is 0 Å². The standard InChI is InChI=1S/C18H19N3O2/c1-2-12-3-7-14(8-4-12)16-17(22)21(18(23)20-16)11-13-5-9-15(19)10-6-13/h3-10,16H,2,11,19H2,1H3,(H,20,23). The highest BCUT2D eigenvalue weighted by Gasteiger charge is 2.38. The molecule has 0 aliphatic carbocycles. The van der Waals surface area contributed by atoms with Gasteiger partial charge in [-0.05, 0) is 35.2 Å². The Kier molecular flexibility index (Phi) is 4.02. The molecule has 1 atom stereocenters. The Morgan fingerprint density at radius 3 is 2.22 bits per heavy atom. The van der Waals surface area contributed by atoms with Crippen molar-refractivity contribution < 1.29 is 9.59 Å². The molecule has 0 radical (unpaired) electrons. The summed E-state index contributed by atoms with van der Waals surface area (Å²) in [6, 6.07) is 13.9. The monoisotopic (exact) mass is 309 g/mol. The summed E-state index contributed by atoms with van der Waals surface area (Å²) in [5, 5.41) is 2.75. The first-order chi connectivity index (χ1) is 11.1. The molecule has 0 spiro atoms. The van der Waals surface area contributed by atoms with Gasteiger partial charge in [-0.25, -0.2) is 4.79 Å². The molecule has 1 saturated heterocycles. The summed E-state index contributed by atoms with van der Waals surface area (Å²) in [6.45, 7) is 2.32. The minimum absolute atomic E-state index is 0.226. The Morgan fingerprint density at radius 1 is 1.00 bits per heavy atom. The van der Waals surface area contributed by atoms with Crippen molar-refractivity contribution in [2.75, 3.05) is 5.73 Å². The third-order valence-corrected chi connectivity index (χ3v) is 4.07. The van der Waals surface area contributed by atoms with E-state index in [0.717, 1.165) is 17.5 Å². The van der Waals surface area contributed by atoms with Gasteiger partial charge in [-0.2, -0.15) is 0 Å². The summed E-state index contributed by atoms with van der Waals surface area (Å²) in [5.41, 5.74) is 9.17. The summed E-state index contributed by atoms with van der Waals surface area (Å²) < 4.78 is 0. The first-order valence-corrected chi connectivity index (χ1v) is 7.63. The summed E-state index contributed by atoms with van der Waals surface area (Å²) in [6.07, 6.45) is 0.939. The normalized spacial score (nSPS) is 17.4. The first-order valence-electron chi connectivity index (χ1n) is 7.63. The molecule has 23 heavy (non-hydrogen) atoms. The molecule has 3 N–H and O–H groups in total. The molecule has 3 rings (SSSR count). The maximum Gasteiger partial charge on any atom is 0.325 e. The van der Waals surface area contributed by atoms with Gasteiger partial charge in [0.2, 0.25) is 0 Å². The molecule has 118 valence electrons. The topological polar surface area (TPSA) is 75.4 Å². The zero-order chi connectivity index (χ0) is 16.4. The second-order valence-electron chi connectivity index (χ2n) is 5.64. The van der Waals surface area contributed by atoms with Crippen molar-refractivity contribution in [1.82, 2.24) is 10.2 Å². The molecule has 1 heterocycles. The van der Waals surface area contributed by atoms with Crippen molar-refractivity contribution in [3.05, 3.63) is 65.2 Å². The zero-order valence-corrected chi connectivity index (χ0v) is 13.0. The summed E-state index contributed by atoms with van der Waals surface area (Å²) in [5.74, 6) is -0.226. The van der Waals surface area contributed by atoms with E-state index < -0.39 is 6.04 Å². The van der Waals surface area contributed by atoms with E-state index in [9.17, 15) is 9.59 Å². The van der Waals surface area contributed by atoms with Crippen LogP contribution in [0.25, 0.3) is 0 Å². The molecule has 1 aliphatic rings. The van der Waals surface area contributed by atoms with Crippen molar-refractivity contribution in [3.63, 3.8) is 0 Å². The number of aryl methyl sites for hydroxylation is 1. The summed E-state index contributed by atoms with van der Waals surface area (Å²) in [7, 11) is 0. The van der Waals surface area contributed by atoms with E-state index in [-0.39, 0.29) is 18.5 Å². The van der Waals surface area contributed by atoms with Gasteiger partial charge in [0.25, 0.3) is 5.91 Å². The quantitative estimate of drug-likeness (QED) is 0.673. The van der Waals surface area contributed by atoms with Crippen molar-refractivity contribution in [3.8, 4) is 0 Å². The van der Waals surface area contributed by atoms with E-state index in [2.05, 4.69) is 12.2 Å². The molecular weight excluding hydrogens is 290 g/mol. The van der Waals surface area contributed by atoms with Crippen LogP contribution in [0.3, 0.4) is 0 Å². The number of hydrogen-bond acceptors (Lipinski definition) is 3. The zero-order valence-electron chi connectivity index (χ0n) is 13.0. The molecule has 2 aromatic rings. The average Bonchev–Trinajstić information content (AvgIpc) is 2.85. The number of urea groups is 1.